The Morgan fingerprint density at radius 2 is 1.85 bits per heavy atom. The molecule has 1 aromatic heterocycles. The highest BCUT2D eigenvalue weighted by Gasteiger charge is 2.31. The fraction of sp³-hybridized carbons (Fsp3) is 0.429. The first-order valence-electron chi connectivity index (χ1n) is 9.50. The standard InChI is InChI=1S/C21H25N3O3/c1-16-14-24(15-19(27-16)17-6-3-2-4-7-17)21(25)18-8-5-9-22-20(18)23-10-12-26-13-11-23/h2-9,16,19H,10-15H2,1H3/t16-,19+/m1/s1. The van der Waals surface area contributed by atoms with Crippen LogP contribution in [-0.4, -0.2) is 61.3 Å². The Morgan fingerprint density at radius 1 is 1.07 bits per heavy atom. The molecule has 0 aliphatic carbocycles. The lowest BCUT2D eigenvalue weighted by Gasteiger charge is -2.38. The van der Waals surface area contributed by atoms with Crippen molar-refractivity contribution in [3.63, 3.8) is 0 Å². The quantitative estimate of drug-likeness (QED) is 0.834. The Hall–Kier alpha value is -2.44. The maximum atomic E-state index is 13.4. The summed E-state index contributed by atoms with van der Waals surface area (Å²) >= 11 is 0. The SMILES string of the molecule is C[C@@H]1CN(C(=O)c2cccnc2N2CCOCC2)C[C@@H](c2ccccc2)O1. The van der Waals surface area contributed by atoms with Gasteiger partial charge >= 0.3 is 0 Å². The second-order valence-electron chi connectivity index (χ2n) is 7.03. The highest BCUT2D eigenvalue weighted by molar-refractivity contribution is 5.99. The number of benzene rings is 1. The summed E-state index contributed by atoms with van der Waals surface area (Å²) in [5.74, 6) is 0.766. The summed E-state index contributed by atoms with van der Waals surface area (Å²) in [4.78, 5) is 21.9. The van der Waals surface area contributed by atoms with Gasteiger partial charge < -0.3 is 19.3 Å². The van der Waals surface area contributed by atoms with Crippen LogP contribution in [0.4, 0.5) is 5.82 Å². The lowest BCUT2D eigenvalue weighted by Crippen LogP contribution is -2.46. The molecule has 142 valence electrons. The molecule has 6 heteroatoms. The Balaban J connectivity index is 1.57. The van der Waals surface area contributed by atoms with E-state index in [1.165, 1.54) is 0 Å². The van der Waals surface area contributed by atoms with E-state index in [0.717, 1.165) is 24.5 Å². The van der Waals surface area contributed by atoms with E-state index in [1.807, 2.05) is 42.2 Å². The molecule has 2 fully saturated rings. The average Bonchev–Trinajstić information content (AvgIpc) is 2.74. The summed E-state index contributed by atoms with van der Waals surface area (Å²) in [6, 6.07) is 13.8. The van der Waals surface area contributed by atoms with Crippen LogP contribution in [0.3, 0.4) is 0 Å². The molecule has 6 nitrogen and oxygen atoms in total. The van der Waals surface area contributed by atoms with Crippen molar-refractivity contribution in [1.82, 2.24) is 9.88 Å². The first kappa shape index (κ1) is 17.9. The molecule has 2 atom stereocenters. The van der Waals surface area contributed by atoms with Crippen molar-refractivity contribution in [2.24, 2.45) is 0 Å². The number of morpholine rings is 2. The summed E-state index contributed by atoms with van der Waals surface area (Å²) in [6.45, 7) is 5.97. The lowest BCUT2D eigenvalue weighted by molar-refractivity contribution is -0.0691. The van der Waals surface area contributed by atoms with Crippen LogP contribution in [-0.2, 0) is 9.47 Å². The normalized spacial score (nSPS) is 23.3. The summed E-state index contributed by atoms with van der Waals surface area (Å²) in [5.41, 5.74) is 1.75. The second kappa shape index (κ2) is 8.06. The summed E-state index contributed by atoms with van der Waals surface area (Å²) < 4.78 is 11.5. The number of pyridine rings is 1. The van der Waals surface area contributed by atoms with Crippen LogP contribution < -0.4 is 4.90 Å². The Kier molecular flexibility index (Phi) is 5.36. The fourth-order valence-corrected chi connectivity index (χ4v) is 3.73. The summed E-state index contributed by atoms with van der Waals surface area (Å²) in [7, 11) is 0. The summed E-state index contributed by atoms with van der Waals surface area (Å²) in [6.07, 6.45) is 1.62. The van der Waals surface area contributed by atoms with Crippen molar-refractivity contribution in [1.29, 1.82) is 0 Å². The first-order valence-corrected chi connectivity index (χ1v) is 9.50. The van der Waals surface area contributed by atoms with Crippen molar-refractivity contribution < 1.29 is 14.3 Å². The molecule has 1 amide bonds. The smallest absolute Gasteiger partial charge is 0.257 e. The lowest BCUT2D eigenvalue weighted by atomic mass is 10.1. The number of aromatic nitrogens is 1. The largest absolute Gasteiger partial charge is 0.378 e. The number of nitrogens with zero attached hydrogens (tertiary/aromatic N) is 3. The van der Waals surface area contributed by atoms with Gasteiger partial charge in [-0.15, -0.1) is 0 Å². The van der Waals surface area contributed by atoms with E-state index < -0.39 is 0 Å². The van der Waals surface area contributed by atoms with Gasteiger partial charge in [0, 0.05) is 25.8 Å². The molecule has 27 heavy (non-hydrogen) atoms. The minimum Gasteiger partial charge on any atom is -0.378 e. The van der Waals surface area contributed by atoms with Gasteiger partial charge in [0.25, 0.3) is 5.91 Å². The van der Waals surface area contributed by atoms with Crippen molar-refractivity contribution >= 4 is 11.7 Å². The minimum absolute atomic E-state index is 0.0145. The Morgan fingerprint density at radius 3 is 2.63 bits per heavy atom. The third kappa shape index (κ3) is 3.96. The molecule has 0 spiro atoms. The van der Waals surface area contributed by atoms with Gasteiger partial charge in [0.15, 0.2) is 0 Å². The zero-order valence-corrected chi connectivity index (χ0v) is 15.6. The van der Waals surface area contributed by atoms with Crippen LogP contribution in [0.1, 0.15) is 28.9 Å². The van der Waals surface area contributed by atoms with Crippen LogP contribution in [0.5, 0.6) is 0 Å². The van der Waals surface area contributed by atoms with Gasteiger partial charge in [-0.25, -0.2) is 4.98 Å². The predicted molar refractivity (Wildman–Crippen MR) is 103 cm³/mol. The molecule has 0 unspecified atom stereocenters. The number of anilines is 1. The fourth-order valence-electron chi connectivity index (χ4n) is 3.73. The van der Waals surface area contributed by atoms with Gasteiger partial charge in [0.1, 0.15) is 11.9 Å². The maximum absolute atomic E-state index is 13.4. The zero-order valence-electron chi connectivity index (χ0n) is 15.6. The molecule has 2 aliphatic rings. The van der Waals surface area contributed by atoms with Gasteiger partial charge in [0.2, 0.25) is 0 Å². The number of hydrogen-bond donors (Lipinski definition) is 0. The van der Waals surface area contributed by atoms with E-state index >= 15 is 0 Å². The Bertz CT molecular complexity index is 777. The molecular weight excluding hydrogens is 342 g/mol. The number of rotatable bonds is 3. The highest BCUT2D eigenvalue weighted by Crippen LogP contribution is 2.28. The van der Waals surface area contributed by atoms with E-state index in [-0.39, 0.29) is 18.1 Å². The van der Waals surface area contributed by atoms with Crippen LogP contribution in [0.2, 0.25) is 0 Å². The Labute approximate surface area is 159 Å². The number of carbonyl (C=O) groups excluding carboxylic acids is 1. The second-order valence-corrected chi connectivity index (χ2v) is 7.03. The van der Waals surface area contributed by atoms with E-state index in [0.29, 0.717) is 31.9 Å². The van der Waals surface area contributed by atoms with Crippen molar-refractivity contribution in [3.8, 4) is 0 Å². The number of hydrogen-bond acceptors (Lipinski definition) is 5. The monoisotopic (exact) mass is 367 g/mol. The molecule has 0 saturated carbocycles. The first-order chi connectivity index (χ1) is 13.2. The third-order valence-corrected chi connectivity index (χ3v) is 5.05. The van der Waals surface area contributed by atoms with Gasteiger partial charge in [-0.2, -0.15) is 0 Å². The molecule has 0 N–H and O–H groups in total. The van der Waals surface area contributed by atoms with Gasteiger partial charge in [-0.3, -0.25) is 4.79 Å². The van der Waals surface area contributed by atoms with Gasteiger partial charge in [0.05, 0.1) is 31.4 Å². The van der Waals surface area contributed by atoms with Crippen molar-refractivity contribution in [2.45, 2.75) is 19.1 Å². The highest BCUT2D eigenvalue weighted by atomic mass is 16.5. The molecular formula is C21H25N3O3. The van der Waals surface area contributed by atoms with Crippen LogP contribution in [0.15, 0.2) is 48.7 Å². The molecule has 2 saturated heterocycles. The van der Waals surface area contributed by atoms with E-state index in [9.17, 15) is 4.79 Å². The van der Waals surface area contributed by atoms with Crippen molar-refractivity contribution in [3.05, 3.63) is 59.8 Å². The topological polar surface area (TPSA) is 54.9 Å². The predicted octanol–water partition coefficient (Wildman–Crippen LogP) is 2.52. The molecule has 3 heterocycles. The number of carbonyl (C=O) groups is 1. The molecule has 0 radical (unpaired) electrons. The zero-order chi connectivity index (χ0) is 18.6. The number of amides is 1. The molecule has 1 aromatic carbocycles. The molecule has 4 rings (SSSR count). The molecule has 2 aliphatic heterocycles. The van der Waals surface area contributed by atoms with Gasteiger partial charge in [-0.05, 0) is 24.6 Å². The average molecular weight is 367 g/mol. The van der Waals surface area contributed by atoms with E-state index in [1.54, 1.807) is 6.20 Å². The molecule has 2 aromatic rings. The van der Waals surface area contributed by atoms with Gasteiger partial charge in [-0.1, -0.05) is 30.3 Å². The van der Waals surface area contributed by atoms with E-state index in [2.05, 4.69) is 22.0 Å². The minimum atomic E-state index is -0.109. The number of ether oxygens (including phenoxy) is 2. The van der Waals surface area contributed by atoms with Crippen LogP contribution in [0.25, 0.3) is 0 Å². The summed E-state index contributed by atoms with van der Waals surface area (Å²) in [5, 5.41) is 0. The third-order valence-electron chi connectivity index (χ3n) is 5.05. The molecule has 0 bridgehead atoms. The van der Waals surface area contributed by atoms with Crippen LogP contribution >= 0.6 is 0 Å². The maximum Gasteiger partial charge on any atom is 0.257 e. The van der Waals surface area contributed by atoms with E-state index in [4.69, 9.17) is 9.47 Å². The van der Waals surface area contributed by atoms with Crippen molar-refractivity contribution in [2.75, 3.05) is 44.3 Å². The van der Waals surface area contributed by atoms with Crippen LogP contribution in [0, 0.1) is 0 Å².